The maximum atomic E-state index is 12.9. The summed E-state index contributed by atoms with van der Waals surface area (Å²) in [5.41, 5.74) is 1.61. The van der Waals surface area contributed by atoms with E-state index in [1.807, 2.05) is 9.58 Å². The molecular formula is C17H26ClN5O. The van der Waals surface area contributed by atoms with Crippen LogP contribution in [0.15, 0.2) is 0 Å². The average molecular weight is 352 g/mol. The van der Waals surface area contributed by atoms with Crippen LogP contribution >= 0.6 is 11.6 Å². The molecule has 2 fully saturated rings. The number of hydrogen-bond acceptors (Lipinski definition) is 4. The van der Waals surface area contributed by atoms with Gasteiger partial charge in [-0.3, -0.25) is 14.4 Å². The Hall–Kier alpha value is -1.11. The first-order valence-corrected chi connectivity index (χ1v) is 9.32. The van der Waals surface area contributed by atoms with E-state index in [2.05, 4.69) is 29.0 Å². The molecular weight excluding hydrogens is 326 g/mol. The minimum atomic E-state index is -0.00664. The number of rotatable bonds is 1. The van der Waals surface area contributed by atoms with E-state index in [1.165, 1.54) is 19.3 Å². The van der Waals surface area contributed by atoms with Crippen LogP contribution in [-0.4, -0.2) is 76.2 Å². The van der Waals surface area contributed by atoms with Crippen molar-refractivity contribution in [3.05, 3.63) is 16.4 Å². The largest absolute Gasteiger partial charge is 0.333 e. The fourth-order valence-electron chi connectivity index (χ4n) is 4.36. The van der Waals surface area contributed by atoms with Crippen LogP contribution in [0.25, 0.3) is 0 Å². The van der Waals surface area contributed by atoms with Crippen molar-refractivity contribution in [3.8, 4) is 0 Å². The summed E-state index contributed by atoms with van der Waals surface area (Å²) in [5.74, 6) is -0.00664. The molecule has 2 saturated heterocycles. The molecule has 1 spiro atoms. The topological polar surface area (TPSA) is 44.6 Å². The van der Waals surface area contributed by atoms with Gasteiger partial charge in [0.1, 0.15) is 0 Å². The van der Waals surface area contributed by atoms with Gasteiger partial charge in [-0.05, 0) is 39.9 Å². The number of likely N-dealkylation sites (N-methyl/N-ethyl adjacent to an activating group) is 1. The van der Waals surface area contributed by atoms with E-state index >= 15 is 0 Å². The van der Waals surface area contributed by atoms with Crippen LogP contribution in [0.3, 0.4) is 0 Å². The van der Waals surface area contributed by atoms with Crippen LogP contribution in [-0.2, 0) is 13.1 Å². The number of halogens is 1. The third kappa shape index (κ3) is 2.55. The van der Waals surface area contributed by atoms with Crippen LogP contribution in [0.1, 0.15) is 41.9 Å². The van der Waals surface area contributed by atoms with Crippen molar-refractivity contribution in [2.75, 3.05) is 40.3 Å². The van der Waals surface area contributed by atoms with Gasteiger partial charge >= 0.3 is 0 Å². The SMILES string of the molecule is CN1CCCn2nc(C(=O)N3CC4(CCCCN4C)C3)c(Cl)c2C1. The minimum Gasteiger partial charge on any atom is -0.333 e. The van der Waals surface area contributed by atoms with E-state index in [0.29, 0.717) is 10.7 Å². The zero-order chi connectivity index (χ0) is 16.9. The first-order valence-electron chi connectivity index (χ1n) is 8.94. The molecule has 0 N–H and O–H groups in total. The predicted octanol–water partition coefficient (Wildman–Crippen LogP) is 1.68. The third-order valence-corrected chi connectivity index (χ3v) is 6.38. The van der Waals surface area contributed by atoms with Gasteiger partial charge in [0.15, 0.2) is 5.69 Å². The molecule has 0 radical (unpaired) electrons. The average Bonchev–Trinajstić information content (AvgIpc) is 2.71. The Kier molecular flexibility index (Phi) is 4.09. The van der Waals surface area contributed by atoms with Gasteiger partial charge in [0, 0.05) is 32.7 Å². The zero-order valence-corrected chi connectivity index (χ0v) is 15.3. The third-order valence-electron chi connectivity index (χ3n) is 5.98. The van der Waals surface area contributed by atoms with Crippen molar-refractivity contribution in [3.63, 3.8) is 0 Å². The Morgan fingerprint density at radius 2 is 1.92 bits per heavy atom. The van der Waals surface area contributed by atoms with E-state index in [0.717, 1.165) is 51.4 Å². The molecule has 1 amide bonds. The lowest BCUT2D eigenvalue weighted by Crippen LogP contribution is -2.71. The summed E-state index contributed by atoms with van der Waals surface area (Å²) in [5, 5.41) is 5.10. The van der Waals surface area contributed by atoms with Crippen molar-refractivity contribution >= 4 is 17.5 Å². The summed E-state index contributed by atoms with van der Waals surface area (Å²) in [6, 6.07) is 0. The van der Waals surface area contributed by atoms with Gasteiger partial charge in [0.2, 0.25) is 0 Å². The lowest BCUT2D eigenvalue weighted by Gasteiger charge is -2.57. The molecule has 3 aliphatic heterocycles. The maximum Gasteiger partial charge on any atom is 0.276 e. The molecule has 0 unspecified atom stereocenters. The van der Waals surface area contributed by atoms with Crippen molar-refractivity contribution < 1.29 is 4.79 Å². The Labute approximate surface area is 148 Å². The zero-order valence-electron chi connectivity index (χ0n) is 14.6. The van der Waals surface area contributed by atoms with Gasteiger partial charge < -0.3 is 9.80 Å². The standard InChI is InChI=1S/C17H26ClN5O/c1-20-7-5-9-23-13(10-20)14(18)15(19-23)16(24)22-11-17(12-22)6-3-4-8-21(17)2/h3-12H2,1-2H3. The molecule has 0 aromatic carbocycles. The van der Waals surface area contributed by atoms with Gasteiger partial charge in [-0.2, -0.15) is 5.10 Å². The van der Waals surface area contributed by atoms with Gasteiger partial charge in [-0.1, -0.05) is 18.0 Å². The van der Waals surface area contributed by atoms with E-state index in [1.54, 1.807) is 0 Å². The van der Waals surface area contributed by atoms with Gasteiger partial charge in [0.25, 0.3) is 5.91 Å². The number of likely N-dealkylation sites (tertiary alicyclic amines) is 2. The van der Waals surface area contributed by atoms with Gasteiger partial charge in [-0.25, -0.2) is 0 Å². The van der Waals surface area contributed by atoms with E-state index < -0.39 is 0 Å². The molecule has 4 heterocycles. The first kappa shape index (κ1) is 16.4. The molecule has 0 bridgehead atoms. The monoisotopic (exact) mass is 351 g/mol. The summed E-state index contributed by atoms with van der Waals surface area (Å²) in [4.78, 5) is 19.5. The van der Waals surface area contributed by atoms with Crippen LogP contribution in [0.5, 0.6) is 0 Å². The number of fused-ring (bicyclic) bond motifs is 1. The van der Waals surface area contributed by atoms with Crippen molar-refractivity contribution in [1.82, 2.24) is 24.5 Å². The Balaban J connectivity index is 1.51. The molecule has 6 nitrogen and oxygen atoms in total. The summed E-state index contributed by atoms with van der Waals surface area (Å²) in [7, 11) is 4.27. The number of amides is 1. The highest BCUT2D eigenvalue weighted by Crippen LogP contribution is 2.37. The molecule has 1 aromatic heterocycles. The summed E-state index contributed by atoms with van der Waals surface area (Å²) in [6.45, 7) is 5.37. The highest BCUT2D eigenvalue weighted by atomic mass is 35.5. The van der Waals surface area contributed by atoms with Crippen LogP contribution < -0.4 is 0 Å². The Morgan fingerprint density at radius 3 is 2.67 bits per heavy atom. The number of aryl methyl sites for hydroxylation is 1. The fourth-order valence-corrected chi connectivity index (χ4v) is 4.64. The summed E-state index contributed by atoms with van der Waals surface area (Å²) < 4.78 is 1.93. The first-order chi connectivity index (χ1) is 11.5. The second-order valence-electron chi connectivity index (χ2n) is 7.69. The minimum absolute atomic E-state index is 0.00664. The smallest absolute Gasteiger partial charge is 0.276 e. The quantitative estimate of drug-likeness (QED) is 0.772. The Bertz CT molecular complexity index is 652. The number of carbonyl (C=O) groups excluding carboxylic acids is 1. The maximum absolute atomic E-state index is 12.9. The molecule has 4 rings (SSSR count). The Morgan fingerprint density at radius 1 is 1.12 bits per heavy atom. The molecule has 3 aliphatic rings. The van der Waals surface area contributed by atoms with E-state index in [-0.39, 0.29) is 11.4 Å². The lowest BCUT2D eigenvalue weighted by molar-refractivity contribution is -0.0497. The number of hydrogen-bond donors (Lipinski definition) is 0. The number of piperidine rings is 1. The van der Waals surface area contributed by atoms with Crippen molar-refractivity contribution in [2.24, 2.45) is 0 Å². The molecule has 7 heteroatoms. The molecule has 24 heavy (non-hydrogen) atoms. The number of nitrogens with zero attached hydrogens (tertiary/aromatic N) is 5. The van der Waals surface area contributed by atoms with E-state index in [9.17, 15) is 4.79 Å². The van der Waals surface area contributed by atoms with Crippen LogP contribution in [0, 0.1) is 0 Å². The molecule has 132 valence electrons. The fraction of sp³-hybridized carbons (Fsp3) is 0.765. The van der Waals surface area contributed by atoms with Crippen molar-refractivity contribution in [1.29, 1.82) is 0 Å². The molecule has 0 saturated carbocycles. The molecule has 1 aromatic rings. The second-order valence-corrected chi connectivity index (χ2v) is 8.07. The molecule has 0 aliphatic carbocycles. The summed E-state index contributed by atoms with van der Waals surface area (Å²) >= 11 is 6.54. The lowest BCUT2D eigenvalue weighted by atomic mass is 9.80. The highest BCUT2D eigenvalue weighted by Gasteiger charge is 2.49. The van der Waals surface area contributed by atoms with Gasteiger partial charge in [0.05, 0.1) is 16.3 Å². The van der Waals surface area contributed by atoms with Gasteiger partial charge in [-0.15, -0.1) is 0 Å². The van der Waals surface area contributed by atoms with E-state index in [4.69, 9.17) is 11.6 Å². The van der Waals surface area contributed by atoms with Crippen molar-refractivity contribution in [2.45, 2.75) is 44.3 Å². The number of carbonyl (C=O) groups is 1. The highest BCUT2D eigenvalue weighted by molar-refractivity contribution is 6.34. The normalized spacial score (nSPS) is 24.5. The second kappa shape index (κ2) is 6.00. The predicted molar refractivity (Wildman–Crippen MR) is 93.3 cm³/mol. The molecule has 0 atom stereocenters. The number of aromatic nitrogens is 2. The van der Waals surface area contributed by atoms with Crippen LogP contribution in [0.4, 0.5) is 0 Å². The summed E-state index contributed by atoms with van der Waals surface area (Å²) in [6.07, 6.45) is 4.75. The van der Waals surface area contributed by atoms with Crippen LogP contribution in [0.2, 0.25) is 5.02 Å².